The van der Waals surface area contributed by atoms with Crippen LogP contribution in [0.1, 0.15) is 51.5 Å². The van der Waals surface area contributed by atoms with Crippen LogP contribution in [0.3, 0.4) is 0 Å². The quantitative estimate of drug-likeness (QED) is 0.601. The third-order valence-corrected chi connectivity index (χ3v) is 5.37. The highest BCUT2D eigenvalue weighted by Gasteiger charge is 2.29. The number of ether oxygens (including phenoxy) is 1. The Balaban J connectivity index is 2.05. The molecule has 7 heteroatoms. The SMILES string of the molecule is CC(C)C[C@H](NC(=O)OCc1ccccc1)C(=O)N1C/C=C\CCCCC(N)C(O)C1. The van der Waals surface area contributed by atoms with E-state index in [9.17, 15) is 14.7 Å². The van der Waals surface area contributed by atoms with Crippen LogP contribution in [0.4, 0.5) is 4.79 Å². The van der Waals surface area contributed by atoms with Gasteiger partial charge in [-0.3, -0.25) is 4.79 Å². The number of hydrogen-bond donors (Lipinski definition) is 3. The fourth-order valence-electron chi connectivity index (χ4n) is 3.59. The zero-order chi connectivity index (χ0) is 22.6. The summed E-state index contributed by atoms with van der Waals surface area (Å²) >= 11 is 0. The van der Waals surface area contributed by atoms with Crippen molar-refractivity contribution in [1.29, 1.82) is 0 Å². The smallest absolute Gasteiger partial charge is 0.408 e. The van der Waals surface area contributed by atoms with Gasteiger partial charge in [-0.2, -0.15) is 0 Å². The summed E-state index contributed by atoms with van der Waals surface area (Å²) in [6.07, 6.45) is 6.64. The Morgan fingerprint density at radius 1 is 1.23 bits per heavy atom. The molecule has 0 aliphatic carbocycles. The second-order valence-electron chi connectivity index (χ2n) is 8.62. The lowest BCUT2D eigenvalue weighted by molar-refractivity contribution is -0.134. The van der Waals surface area contributed by atoms with Crippen molar-refractivity contribution in [3.8, 4) is 0 Å². The summed E-state index contributed by atoms with van der Waals surface area (Å²) in [5.74, 6) is -0.0458. The predicted molar refractivity (Wildman–Crippen MR) is 121 cm³/mol. The van der Waals surface area contributed by atoms with E-state index in [0.29, 0.717) is 13.0 Å². The number of aliphatic hydroxyl groups excluding tert-OH is 1. The Bertz CT molecular complexity index is 708. The summed E-state index contributed by atoms with van der Waals surface area (Å²) in [6.45, 7) is 4.64. The number of allylic oxidation sites excluding steroid dienone is 1. The number of nitrogens with two attached hydrogens (primary N) is 1. The number of benzene rings is 1. The van der Waals surface area contributed by atoms with Gasteiger partial charge in [0.15, 0.2) is 0 Å². The van der Waals surface area contributed by atoms with Crippen LogP contribution in [-0.4, -0.2) is 53.3 Å². The zero-order valence-corrected chi connectivity index (χ0v) is 18.7. The molecule has 0 aromatic heterocycles. The lowest BCUT2D eigenvalue weighted by Gasteiger charge is -2.31. The molecule has 2 amide bonds. The third kappa shape index (κ3) is 9.11. The van der Waals surface area contributed by atoms with Crippen LogP contribution in [0.15, 0.2) is 42.5 Å². The standard InChI is InChI=1S/C24H37N3O4/c1-18(2)15-21(26-24(30)31-17-19-11-7-6-8-12-19)23(29)27-14-10-5-3-4-9-13-20(25)22(28)16-27/h5-8,10-12,18,20-22,28H,3-4,9,13-17,25H2,1-2H3,(H,26,30)/b10-5-/t20?,21-,22?/m0/s1. The minimum atomic E-state index is -0.805. The van der Waals surface area contributed by atoms with Crippen LogP contribution in [0.25, 0.3) is 0 Å². The number of aliphatic hydroxyl groups is 1. The number of amides is 2. The van der Waals surface area contributed by atoms with Crippen molar-refractivity contribution < 1.29 is 19.4 Å². The number of alkyl carbamates (subject to hydrolysis) is 1. The first kappa shape index (κ1) is 24.9. The summed E-state index contributed by atoms with van der Waals surface area (Å²) in [5.41, 5.74) is 6.99. The molecular weight excluding hydrogens is 394 g/mol. The van der Waals surface area contributed by atoms with Gasteiger partial charge in [-0.05, 0) is 37.2 Å². The van der Waals surface area contributed by atoms with E-state index in [1.807, 2.05) is 50.3 Å². The van der Waals surface area contributed by atoms with Gasteiger partial charge in [0.25, 0.3) is 0 Å². The second-order valence-corrected chi connectivity index (χ2v) is 8.62. The van der Waals surface area contributed by atoms with Gasteiger partial charge in [0.2, 0.25) is 5.91 Å². The normalized spacial score (nSPS) is 22.3. The van der Waals surface area contributed by atoms with E-state index < -0.39 is 18.2 Å². The number of nitrogens with one attached hydrogen (secondary N) is 1. The third-order valence-electron chi connectivity index (χ3n) is 5.37. The van der Waals surface area contributed by atoms with Gasteiger partial charge in [-0.15, -0.1) is 0 Å². The highest BCUT2D eigenvalue weighted by atomic mass is 16.5. The summed E-state index contributed by atoms with van der Waals surface area (Å²) in [7, 11) is 0. The van der Waals surface area contributed by atoms with Gasteiger partial charge in [0, 0.05) is 19.1 Å². The lowest BCUT2D eigenvalue weighted by atomic mass is 10.0. The topological polar surface area (TPSA) is 105 Å². The van der Waals surface area contributed by atoms with E-state index in [2.05, 4.69) is 11.4 Å². The van der Waals surface area contributed by atoms with Crippen molar-refractivity contribution >= 4 is 12.0 Å². The van der Waals surface area contributed by atoms with E-state index in [-0.39, 0.29) is 31.0 Å². The van der Waals surface area contributed by atoms with Gasteiger partial charge in [0.1, 0.15) is 12.6 Å². The highest BCUT2D eigenvalue weighted by Crippen LogP contribution is 2.13. The number of carbonyl (C=O) groups is 2. The van der Waals surface area contributed by atoms with Crippen LogP contribution in [-0.2, 0) is 16.1 Å². The van der Waals surface area contributed by atoms with Gasteiger partial charge in [0.05, 0.1) is 6.10 Å². The van der Waals surface area contributed by atoms with E-state index in [4.69, 9.17) is 10.5 Å². The molecule has 0 fully saturated rings. The molecule has 2 rings (SSSR count). The molecular formula is C24H37N3O4. The van der Waals surface area contributed by atoms with Crippen molar-refractivity contribution in [2.45, 2.75) is 70.7 Å². The zero-order valence-electron chi connectivity index (χ0n) is 18.7. The van der Waals surface area contributed by atoms with Crippen LogP contribution in [0.5, 0.6) is 0 Å². The van der Waals surface area contributed by atoms with Crippen molar-refractivity contribution in [2.24, 2.45) is 11.7 Å². The van der Waals surface area contributed by atoms with Gasteiger partial charge in [-0.1, -0.05) is 62.8 Å². The molecule has 1 aromatic rings. The molecule has 0 saturated carbocycles. The Hall–Kier alpha value is -2.38. The molecule has 172 valence electrons. The minimum Gasteiger partial charge on any atom is -0.445 e. The molecule has 0 radical (unpaired) electrons. The van der Waals surface area contributed by atoms with Gasteiger partial charge < -0.3 is 25.8 Å². The number of nitrogens with zero attached hydrogens (tertiary/aromatic N) is 1. The maximum atomic E-state index is 13.3. The average molecular weight is 432 g/mol. The van der Waals surface area contributed by atoms with Crippen LogP contribution in [0.2, 0.25) is 0 Å². The molecule has 0 saturated heterocycles. The summed E-state index contributed by atoms with van der Waals surface area (Å²) < 4.78 is 5.31. The number of β-amino-alcohol motifs (C(OH)–C–C–N with tert-alkyl or cyclic N) is 1. The van der Waals surface area contributed by atoms with E-state index >= 15 is 0 Å². The highest BCUT2D eigenvalue weighted by molar-refractivity contribution is 5.85. The fourth-order valence-corrected chi connectivity index (χ4v) is 3.59. The molecule has 1 aliphatic rings. The fraction of sp³-hybridized carbons (Fsp3) is 0.583. The van der Waals surface area contributed by atoms with Crippen molar-refractivity contribution in [2.75, 3.05) is 13.1 Å². The van der Waals surface area contributed by atoms with Gasteiger partial charge >= 0.3 is 6.09 Å². The summed E-state index contributed by atoms with van der Waals surface area (Å²) in [4.78, 5) is 27.3. The molecule has 0 bridgehead atoms. The lowest BCUT2D eigenvalue weighted by Crippen LogP contribution is -2.53. The maximum absolute atomic E-state index is 13.3. The Labute approximate surface area is 185 Å². The largest absolute Gasteiger partial charge is 0.445 e. The summed E-state index contributed by atoms with van der Waals surface area (Å²) in [6, 6.07) is 8.28. The molecule has 7 nitrogen and oxygen atoms in total. The van der Waals surface area contributed by atoms with Crippen molar-refractivity contribution in [3.05, 3.63) is 48.0 Å². The molecule has 31 heavy (non-hydrogen) atoms. The molecule has 0 spiro atoms. The van der Waals surface area contributed by atoms with Crippen molar-refractivity contribution in [1.82, 2.24) is 10.2 Å². The molecule has 4 N–H and O–H groups in total. The number of carbonyl (C=O) groups excluding carboxylic acids is 2. The Kier molecular flexibility index (Phi) is 10.5. The molecule has 1 aromatic carbocycles. The number of hydrogen-bond acceptors (Lipinski definition) is 5. The Morgan fingerprint density at radius 2 is 1.97 bits per heavy atom. The maximum Gasteiger partial charge on any atom is 0.408 e. The number of rotatable bonds is 6. The second kappa shape index (κ2) is 13.1. The van der Waals surface area contributed by atoms with Crippen LogP contribution >= 0.6 is 0 Å². The molecule has 1 heterocycles. The first-order chi connectivity index (χ1) is 14.9. The van der Waals surface area contributed by atoms with Gasteiger partial charge in [-0.25, -0.2) is 4.79 Å². The summed E-state index contributed by atoms with van der Waals surface area (Å²) in [5, 5.41) is 13.2. The first-order valence-corrected chi connectivity index (χ1v) is 11.2. The minimum absolute atomic E-state index is 0.134. The molecule has 1 aliphatic heterocycles. The van der Waals surface area contributed by atoms with E-state index in [1.54, 1.807) is 4.90 Å². The molecule has 2 unspecified atom stereocenters. The molecule has 3 atom stereocenters. The van der Waals surface area contributed by atoms with Crippen LogP contribution < -0.4 is 11.1 Å². The predicted octanol–water partition coefficient (Wildman–Crippen LogP) is 2.97. The van der Waals surface area contributed by atoms with Crippen LogP contribution in [0, 0.1) is 5.92 Å². The van der Waals surface area contributed by atoms with Crippen molar-refractivity contribution in [3.63, 3.8) is 0 Å². The Morgan fingerprint density at radius 3 is 2.68 bits per heavy atom. The van der Waals surface area contributed by atoms with E-state index in [0.717, 1.165) is 31.2 Å². The first-order valence-electron chi connectivity index (χ1n) is 11.2. The average Bonchev–Trinajstić information content (AvgIpc) is 2.78. The monoisotopic (exact) mass is 431 g/mol. The van der Waals surface area contributed by atoms with E-state index in [1.165, 1.54) is 0 Å².